The van der Waals surface area contributed by atoms with Crippen LogP contribution in [0.15, 0.2) is 42.5 Å². The quantitative estimate of drug-likeness (QED) is 0.260. The fourth-order valence-corrected chi connectivity index (χ4v) is 5.67. The first-order chi connectivity index (χ1) is 14.1. The Kier molecular flexibility index (Phi) is 7.84. The molecule has 0 aromatic heterocycles. The highest BCUT2D eigenvalue weighted by molar-refractivity contribution is 6.74. The van der Waals surface area contributed by atoms with E-state index in [-0.39, 0.29) is 28.3 Å². The maximum absolute atomic E-state index is 12.8. The maximum Gasteiger partial charge on any atom is 0.338 e. The SMILES string of the molecule is CC(C)(C)[Si](C)(C)O[C@@H]1[C@@H](OC(=O)c2ccccc2)C=CC[C@H]1O[Si](C)(C)C(C)(C)C. The molecule has 0 N–H and O–H groups in total. The van der Waals surface area contributed by atoms with Gasteiger partial charge in [-0.05, 0) is 60.9 Å². The molecule has 1 aromatic rings. The number of hydrogen-bond acceptors (Lipinski definition) is 4. The van der Waals surface area contributed by atoms with Gasteiger partial charge in [-0.25, -0.2) is 4.79 Å². The van der Waals surface area contributed by atoms with Gasteiger partial charge in [0, 0.05) is 0 Å². The third kappa shape index (κ3) is 6.40. The fourth-order valence-electron chi connectivity index (χ4n) is 3.00. The predicted octanol–water partition coefficient (Wildman–Crippen LogP) is 6.95. The van der Waals surface area contributed by atoms with Crippen molar-refractivity contribution in [2.24, 2.45) is 0 Å². The largest absolute Gasteiger partial charge is 0.452 e. The van der Waals surface area contributed by atoms with Crippen LogP contribution in [-0.2, 0) is 13.6 Å². The van der Waals surface area contributed by atoms with Crippen LogP contribution in [0.5, 0.6) is 0 Å². The van der Waals surface area contributed by atoms with Crippen LogP contribution in [0.25, 0.3) is 0 Å². The van der Waals surface area contributed by atoms with Gasteiger partial charge in [0.05, 0.1) is 11.7 Å². The molecule has 0 saturated carbocycles. The molecule has 0 spiro atoms. The zero-order valence-corrected chi connectivity index (χ0v) is 23.1. The van der Waals surface area contributed by atoms with Crippen LogP contribution < -0.4 is 0 Å². The second kappa shape index (κ2) is 9.34. The minimum Gasteiger partial charge on any atom is -0.452 e. The number of esters is 1. The lowest BCUT2D eigenvalue weighted by Crippen LogP contribution is -2.56. The van der Waals surface area contributed by atoms with Gasteiger partial charge in [0.2, 0.25) is 0 Å². The standard InChI is InChI=1S/C25H42O4Si2/c1-24(2,3)30(7,8)28-21-18-14-17-20(22(21)29-31(9,10)25(4,5)6)27-23(26)19-15-12-11-13-16-19/h11-17,20-22H,18H2,1-10H3/t20-,21+,22+/m0/s1. The molecule has 6 heteroatoms. The predicted molar refractivity (Wildman–Crippen MR) is 134 cm³/mol. The van der Waals surface area contributed by atoms with Crippen molar-refractivity contribution in [2.45, 2.75) is 103 Å². The molecular formula is C25H42O4Si2. The van der Waals surface area contributed by atoms with Crippen molar-refractivity contribution in [3.05, 3.63) is 48.0 Å². The fraction of sp³-hybridized carbons (Fsp3) is 0.640. The zero-order chi connectivity index (χ0) is 23.7. The van der Waals surface area contributed by atoms with Crippen molar-refractivity contribution < 1.29 is 18.4 Å². The minimum absolute atomic E-state index is 0.0453. The van der Waals surface area contributed by atoms with Gasteiger partial charge in [-0.3, -0.25) is 0 Å². The first-order valence-electron chi connectivity index (χ1n) is 11.3. The molecule has 174 valence electrons. The molecule has 0 saturated heterocycles. The molecule has 1 aliphatic rings. The van der Waals surface area contributed by atoms with Crippen molar-refractivity contribution in [3.8, 4) is 0 Å². The molecule has 0 fully saturated rings. The van der Waals surface area contributed by atoms with E-state index in [2.05, 4.69) is 73.8 Å². The Balaban J connectivity index is 2.35. The first kappa shape index (κ1) is 26.0. The molecule has 0 radical (unpaired) electrons. The van der Waals surface area contributed by atoms with Crippen LogP contribution in [-0.4, -0.2) is 40.9 Å². The van der Waals surface area contributed by atoms with E-state index in [0.29, 0.717) is 5.56 Å². The van der Waals surface area contributed by atoms with E-state index >= 15 is 0 Å². The summed E-state index contributed by atoms with van der Waals surface area (Å²) in [5.41, 5.74) is 0.550. The Morgan fingerprint density at radius 3 is 1.90 bits per heavy atom. The third-order valence-corrected chi connectivity index (χ3v) is 16.1. The van der Waals surface area contributed by atoms with E-state index in [1.807, 2.05) is 24.3 Å². The number of ether oxygens (including phenoxy) is 1. The third-order valence-electron chi connectivity index (χ3n) is 7.13. The second-order valence-electron chi connectivity index (χ2n) is 11.7. The molecule has 1 aromatic carbocycles. The highest BCUT2D eigenvalue weighted by atomic mass is 28.4. The van der Waals surface area contributed by atoms with Gasteiger partial charge >= 0.3 is 5.97 Å². The number of rotatable bonds is 6. The molecule has 0 unspecified atom stereocenters. The molecule has 31 heavy (non-hydrogen) atoms. The molecule has 0 bridgehead atoms. The van der Waals surface area contributed by atoms with Crippen LogP contribution in [0, 0.1) is 0 Å². The van der Waals surface area contributed by atoms with Gasteiger partial charge in [0.25, 0.3) is 0 Å². The Morgan fingerprint density at radius 1 is 0.871 bits per heavy atom. The summed E-state index contributed by atoms with van der Waals surface area (Å²) >= 11 is 0. The highest BCUT2D eigenvalue weighted by Crippen LogP contribution is 2.42. The van der Waals surface area contributed by atoms with Crippen molar-refractivity contribution in [1.29, 1.82) is 0 Å². The first-order valence-corrected chi connectivity index (χ1v) is 17.2. The van der Waals surface area contributed by atoms with Gasteiger partial charge in [0.1, 0.15) is 12.2 Å². The topological polar surface area (TPSA) is 44.8 Å². The Labute approximate surface area is 191 Å². The number of carbonyl (C=O) groups excluding carboxylic acids is 1. The van der Waals surface area contributed by atoms with Crippen molar-refractivity contribution in [2.75, 3.05) is 0 Å². The van der Waals surface area contributed by atoms with Gasteiger partial charge < -0.3 is 13.6 Å². The summed E-state index contributed by atoms with van der Waals surface area (Å²) in [4.78, 5) is 12.8. The Hall–Kier alpha value is -1.22. The maximum atomic E-state index is 12.8. The molecule has 2 rings (SSSR count). The van der Waals surface area contributed by atoms with E-state index in [9.17, 15) is 4.79 Å². The summed E-state index contributed by atoms with van der Waals surface area (Å²) in [5, 5.41) is 0.134. The Morgan fingerprint density at radius 2 is 1.39 bits per heavy atom. The zero-order valence-electron chi connectivity index (χ0n) is 21.1. The van der Waals surface area contributed by atoms with Gasteiger partial charge in [0.15, 0.2) is 16.6 Å². The molecule has 0 aliphatic heterocycles. The lowest BCUT2D eigenvalue weighted by Gasteiger charge is -2.47. The number of benzene rings is 1. The van der Waals surface area contributed by atoms with Crippen molar-refractivity contribution >= 4 is 22.6 Å². The van der Waals surface area contributed by atoms with Crippen LogP contribution in [0.3, 0.4) is 0 Å². The number of hydrogen-bond donors (Lipinski definition) is 0. The van der Waals surface area contributed by atoms with E-state index in [1.54, 1.807) is 12.1 Å². The molecule has 0 heterocycles. The molecular weight excluding hydrogens is 420 g/mol. The summed E-state index contributed by atoms with van der Waals surface area (Å²) in [6.07, 6.45) is 3.91. The summed E-state index contributed by atoms with van der Waals surface area (Å²) in [6, 6.07) is 9.15. The minimum atomic E-state index is -2.12. The highest BCUT2D eigenvalue weighted by Gasteiger charge is 2.47. The molecule has 0 amide bonds. The van der Waals surface area contributed by atoms with E-state index < -0.39 is 22.7 Å². The smallest absolute Gasteiger partial charge is 0.338 e. The monoisotopic (exact) mass is 462 g/mol. The molecule has 1 aliphatic carbocycles. The van der Waals surface area contributed by atoms with E-state index in [0.717, 1.165) is 6.42 Å². The number of carbonyl (C=O) groups is 1. The van der Waals surface area contributed by atoms with Crippen LogP contribution >= 0.6 is 0 Å². The van der Waals surface area contributed by atoms with Gasteiger partial charge in [-0.2, -0.15) is 0 Å². The summed E-state index contributed by atoms with van der Waals surface area (Å²) in [5.74, 6) is -0.327. The average molecular weight is 463 g/mol. The van der Waals surface area contributed by atoms with Crippen molar-refractivity contribution in [1.82, 2.24) is 0 Å². The normalized spacial score (nSPS) is 23.0. The molecule has 3 atom stereocenters. The molecule has 4 nitrogen and oxygen atoms in total. The summed E-state index contributed by atoms with van der Waals surface area (Å²) in [7, 11) is -4.15. The average Bonchev–Trinajstić information content (AvgIpc) is 2.62. The van der Waals surface area contributed by atoms with Crippen LogP contribution in [0.1, 0.15) is 58.3 Å². The van der Waals surface area contributed by atoms with Gasteiger partial charge in [-0.15, -0.1) is 0 Å². The van der Waals surface area contributed by atoms with E-state index in [4.69, 9.17) is 13.6 Å². The van der Waals surface area contributed by atoms with Crippen LogP contribution in [0.4, 0.5) is 0 Å². The Bertz CT molecular complexity index is 773. The summed E-state index contributed by atoms with van der Waals surface area (Å²) in [6.45, 7) is 22.4. The van der Waals surface area contributed by atoms with E-state index in [1.165, 1.54) is 0 Å². The van der Waals surface area contributed by atoms with Crippen molar-refractivity contribution in [3.63, 3.8) is 0 Å². The van der Waals surface area contributed by atoms with Gasteiger partial charge in [-0.1, -0.05) is 65.8 Å². The summed E-state index contributed by atoms with van der Waals surface area (Å²) < 4.78 is 19.7. The second-order valence-corrected chi connectivity index (χ2v) is 21.2. The van der Waals surface area contributed by atoms with Crippen LogP contribution in [0.2, 0.25) is 36.3 Å². The lowest BCUT2D eigenvalue weighted by molar-refractivity contribution is -0.0459. The lowest BCUT2D eigenvalue weighted by atomic mass is 9.98.